The standard InChI is InChI=1S/C14H12N2O3/c17-10-3-1-2-9(6-10)8-16-13-7-11(18)4-5-12(13)15-14(16)19/h1-7,17-18H,8H2,(H,15,19). The molecule has 1 heterocycles. The van der Waals surface area contributed by atoms with Crippen LogP contribution >= 0.6 is 0 Å². The molecule has 3 rings (SSSR count). The molecule has 0 aliphatic heterocycles. The van der Waals surface area contributed by atoms with Gasteiger partial charge in [-0.25, -0.2) is 4.79 Å². The monoisotopic (exact) mass is 256 g/mol. The highest BCUT2D eigenvalue weighted by atomic mass is 16.3. The van der Waals surface area contributed by atoms with Gasteiger partial charge in [0.15, 0.2) is 0 Å². The fourth-order valence-electron chi connectivity index (χ4n) is 2.14. The van der Waals surface area contributed by atoms with Crippen LogP contribution in [0.15, 0.2) is 47.3 Å². The van der Waals surface area contributed by atoms with Crippen LogP contribution in [0.2, 0.25) is 0 Å². The molecule has 0 saturated heterocycles. The molecule has 0 radical (unpaired) electrons. The Morgan fingerprint density at radius 1 is 1.05 bits per heavy atom. The quantitative estimate of drug-likeness (QED) is 0.654. The molecule has 1 aromatic heterocycles. The topological polar surface area (TPSA) is 78.2 Å². The molecule has 5 heteroatoms. The summed E-state index contributed by atoms with van der Waals surface area (Å²) in [6.45, 7) is 0.330. The van der Waals surface area contributed by atoms with Crippen molar-refractivity contribution in [3.63, 3.8) is 0 Å². The average Bonchev–Trinajstić information content (AvgIpc) is 2.66. The van der Waals surface area contributed by atoms with Crippen LogP contribution in [0.4, 0.5) is 0 Å². The highest BCUT2D eigenvalue weighted by molar-refractivity contribution is 5.76. The SMILES string of the molecule is O=c1[nH]c2ccc(O)cc2n1Cc1cccc(O)c1. The third kappa shape index (κ3) is 2.06. The zero-order valence-electron chi connectivity index (χ0n) is 10.00. The number of aromatic nitrogens is 2. The second-order valence-electron chi connectivity index (χ2n) is 4.39. The average molecular weight is 256 g/mol. The van der Waals surface area contributed by atoms with Gasteiger partial charge in [0, 0.05) is 6.07 Å². The molecule has 0 spiro atoms. The number of H-pyrrole nitrogens is 1. The van der Waals surface area contributed by atoms with E-state index in [1.54, 1.807) is 24.3 Å². The lowest BCUT2D eigenvalue weighted by atomic mass is 10.2. The van der Waals surface area contributed by atoms with Crippen LogP contribution in [-0.2, 0) is 6.54 Å². The maximum atomic E-state index is 11.9. The number of phenols is 2. The maximum Gasteiger partial charge on any atom is 0.326 e. The summed E-state index contributed by atoms with van der Waals surface area (Å²) in [5.41, 5.74) is 1.87. The van der Waals surface area contributed by atoms with E-state index in [2.05, 4.69) is 4.98 Å². The Hall–Kier alpha value is -2.69. The van der Waals surface area contributed by atoms with Crippen LogP contribution in [0.3, 0.4) is 0 Å². The van der Waals surface area contributed by atoms with E-state index >= 15 is 0 Å². The number of rotatable bonds is 2. The lowest BCUT2D eigenvalue weighted by Crippen LogP contribution is -2.17. The van der Waals surface area contributed by atoms with Crippen molar-refractivity contribution in [2.24, 2.45) is 0 Å². The molecule has 19 heavy (non-hydrogen) atoms. The van der Waals surface area contributed by atoms with E-state index in [1.165, 1.54) is 16.7 Å². The number of aromatic hydroxyl groups is 2. The zero-order valence-corrected chi connectivity index (χ0v) is 10.00. The molecule has 0 unspecified atom stereocenters. The van der Waals surface area contributed by atoms with Crippen molar-refractivity contribution < 1.29 is 10.2 Å². The molecule has 0 bridgehead atoms. The van der Waals surface area contributed by atoms with Gasteiger partial charge in [0.2, 0.25) is 0 Å². The Kier molecular flexibility index (Phi) is 2.52. The molecule has 0 saturated carbocycles. The predicted molar refractivity (Wildman–Crippen MR) is 71.4 cm³/mol. The van der Waals surface area contributed by atoms with Crippen molar-refractivity contribution in [3.8, 4) is 11.5 Å². The van der Waals surface area contributed by atoms with Crippen molar-refractivity contribution >= 4 is 11.0 Å². The van der Waals surface area contributed by atoms with E-state index in [4.69, 9.17) is 0 Å². The number of phenolic OH excluding ortho intramolecular Hbond substituents is 2. The molecule has 96 valence electrons. The van der Waals surface area contributed by atoms with E-state index in [1.807, 2.05) is 6.07 Å². The lowest BCUT2D eigenvalue weighted by molar-refractivity contribution is 0.473. The number of fused-ring (bicyclic) bond motifs is 1. The van der Waals surface area contributed by atoms with Crippen molar-refractivity contribution in [2.75, 3.05) is 0 Å². The third-order valence-electron chi connectivity index (χ3n) is 3.01. The Morgan fingerprint density at radius 2 is 1.84 bits per heavy atom. The van der Waals surface area contributed by atoms with Crippen LogP contribution in [-0.4, -0.2) is 19.8 Å². The number of benzene rings is 2. The van der Waals surface area contributed by atoms with Gasteiger partial charge in [-0.15, -0.1) is 0 Å². The summed E-state index contributed by atoms with van der Waals surface area (Å²) in [6, 6.07) is 11.5. The first-order valence-corrected chi connectivity index (χ1v) is 5.83. The molecular weight excluding hydrogens is 244 g/mol. The largest absolute Gasteiger partial charge is 0.508 e. The van der Waals surface area contributed by atoms with Gasteiger partial charge in [0.25, 0.3) is 0 Å². The van der Waals surface area contributed by atoms with E-state index in [0.29, 0.717) is 17.6 Å². The summed E-state index contributed by atoms with van der Waals surface area (Å²) in [4.78, 5) is 14.6. The van der Waals surface area contributed by atoms with Crippen molar-refractivity contribution in [2.45, 2.75) is 6.54 Å². The summed E-state index contributed by atoms with van der Waals surface area (Å²) >= 11 is 0. The minimum absolute atomic E-state index is 0.108. The summed E-state index contributed by atoms with van der Waals surface area (Å²) in [7, 11) is 0. The first-order valence-electron chi connectivity index (χ1n) is 5.83. The molecule has 0 aliphatic carbocycles. The van der Waals surface area contributed by atoms with Gasteiger partial charge in [-0.05, 0) is 29.8 Å². The van der Waals surface area contributed by atoms with Crippen LogP contribution in [0.25, 0.3) is 11.0 Å². The normalized spacial score (nSPS) is 10.9. The number of hydrogen-bond donors (Lipinski definition) is 3. The summed E-state index contributed by atoms with van der Waals surface area (Å²) < 4.78 is 1.52. The number of nitrogens with zero attached hydrogens (tertiary/aromatic N) is 1. The second-order valence-corrected chi connectivity index (χ2v) is 4.39. The minimum atomic E-state index is -0.246. The number of nitrogens with one attached hydrogen (secondary N) is 1. The fraction of sp³-hybridized carbons (Fsp3) is 0.0714. The van der Waals surface area contributed by atoms with Crippen LogP contribution in [0, 0.1) is 0 Å². The Bertz CT molecular complexity index is 802. The van der Waals surface area contributed by atoms with E-state index in [9.17, 15) is 15.0 Å². The molecule has 0 fully saturated rings. The maximum absolute atomic E-state index is 11.9. The zero-order chi connectivity index (χ0) is 13.4. The second kappa shape index (κ2) is 4.20. The van der Waals surface area contributed by atoms with Crippen LogP contribution in [0.5, 0.6) is 11.5 Å². The Balaban J connectivity index is 2.12. The molecular formula is C14H12N2O3. The Morgan fingerprint density at radius 3 is 2.63 bits per heavy atom. The first-order chi connectivity index (χ1) is 9.13. The summed E-state index contributed by atoms with van der Waals surface area (Å²) in [5, 5.41) is 18.9. The number of aromatic amines is 1. The van der Waals surface area contributed by atoms with Gasteiger partial charge < -0.3 is 15.2 Å². The van der Waals surface area contributed by atoms with E-state index < -0.39 is 0 Å². The van der Waals surface area contributed by atoms with Gasteiger partial charge in [-0.2, -0.15) is 0 Å². The van der Waals surface area contributed by atoms with Crippen molar-refractivity contribution in [3.05, 3.63) is 58.5 Å². The molecule has 5 nitrogen and oxygen atoms in total. The number of imidazole rings is 1. The Labute approximate surface area is 108 Å². The van der Waals surface area contributed by atoms with Crippen molar-refractivity contribution in [1.82, 2.24) is 9.55 Å². The first kappa shape index (κ1) is 11.4. The molecule has 2 aromatic carbocycles. The van der Waals surface area contributed by atoms with Gasteiger partial charge in [0.1, 0.15) is 11.5 Å². The van der Waals surface area contributed by atoms with Crippen molar-refractivity contribution in [1.29, 1.82) is 0 Å². The lowest BCUT2D eigenvalue weighted by Gasteiger charge is -2.04. The smallest absolute Gasteiger partial charge is 0.326 e. The molecule has 3 aromatic rings. The van der Waals surface area contributed by atoms with Gasteiger partial charge in [0.05, 0.1) is 17.6 Å². The van der Waals surface area contributed by atoms with Crippen LogP contribution in [0.1, 0.15) is 5.56 Å². The molecule has 0 atom stereocenters. The minimum Gasteiger partial charge on any atom is -0.508 e. The van der Waals surface area contributed by atoms with Gasteiger partial charge in [-0.1, -0.05) is 12.1 Å². The molecule has 0 amide bonds. The summed E-state index contributed by atoms with van der Waals surface area (Å²) in [5.74, 6) is 0.268. The number of hydrogen-bond acceptors (Lipinski definition) is 3. The predicted octanol–water partition coefficient (Wildman–Crippen LogP) is 1.79. The van der Waals surface area contributed by atoms with E-state index in [-0.39, 0.29) is 17.2 Å². The highest BCUT2D eigenvalue weighted by Crippen LogP contribution is 2.19. The fourth-order valence-corrected chi connectivity index (χ4v) is 2.14. The highest BCUT2D eigenvalue weighted by Gasteiger charge is 2.08. The van der Waals surface area contributed by atoms with E-state index in [0.717, 1.165) is 5.56 Å². The van der Waals surface area contributed by atoms with Gasteiger partial charge >= 0.3 is 5.69 Å². The molecule has 0 aliphatic rings. The molecule has 3 N–H and O–H groups in total. The third-order valence-corrected chi connectivity index (χ3v) is 3.01. The summed E-state index contributed by atoms with van der Waals surface area (Å²) in [6.07, 6.45) is 0. The van der Waals surface area contributed by atoms with Gasteiger partial charge in [-0.3, -0.25) is 4.57 Å². The van der Waals surface area contributed by atoms with Crippen LogP contribution < -0.4 is 5.69 Å².